The Labute approximate surface area is 485 Å². The highest BCUT2D eigenvalue weighted by atomic mass is 28.3. The lowest BCUT2D eigenvalue weighted by atomic mass is 9.98. The van der Waals surface area contributed by atoms with Gasteiger partial charge >= 0.3 is 0 Å². The van der Waals surface area contributed by atoms with E-state index in [1.165, 1.54) is 66.8 Å². The molecule has 0 spiro atoms. The maximum Gasteiger partial charge on any atom is 0.0695 e. The van der Waals surface area contributed by atoms with Gasteiger partial charge in [0.2, 0.25) is 0 Å². The van der Waals surface area contributed by atoms with E-state index in [2.05, 4.69) is 367 Å². The Morgan fingerprint density at radius 3 is 0.512 bits per heavy atom. The Morgan fingerprint density at radius 1 is 0.212 bits per heavy atom. The molecule has 0 aliphatic heterocycles. The molecule has 0 fully saturated rings. The maximum atomic E-state index is 3.21. The van der Waals surface area contributed by atoms with E-state index >= 15 is 0 Å². The van der Waals surface area contributed by atoms with Gasteiger partial charge in [-0.05, 0) is 139 Å². The summed E-state index contributed by atoms with van der Waals surface area (Å²) in [5.41, 5.74) is 28.9. The minimum Gasteiger partial charge on any atom is -0.0867 e. The molecule has 0 nitrogen and oxygen atoms in total. The van der Waals surface area contributed by atoms with E-state index in [1.54, 1.807) is 0 Å². The van der Waals surface area contributed by atoms with Gasteiger partial charge in [-0.2, -0.15) is 0 Å². The minimum absolute atomic E-state index is 0.970. The molecule has 0 bridgehead atoms. The van der Waals surface area contributed by atoms with E-state index in [4.69, 9.17) is 0 Å². The highest BCUT2D eigenvalue weighted by Gasteiger charge is 2.17. The van der Waals surface area contributed by atoms with Gasteiger partial charge in [-0.15, -0.1) is 0 Å². The third kappa shape index (κ3) is 19.6. The van der Waals surface area contributed by atoms with Crippen LogP contribution in [0.15, 0.2) is 241 Å². The first kappa shape index (κ1) is 59.5. The smallest absolute Gasteiger partial charge is 0.0695 e. The van der Waals surface area contributed by atoms with Crippen molar-refractivity contribution in [1.82, 2.24) is 0 Å². The molecule has 0 aromatic heterocycles. The van der Waals surface area contributed by atoms with E-state index in [-0.39, 0.29) is 0 Å². The fourth-order valence-electron chi connectivity index (χ4n) is 8.88. The van der Waals surface area contributed by atoms with Crippen molar-refractivity contribution in [3.63, 3.8) is 0 Å². The second-order valence-electron chi connectivity index (χ2n) is 24.5. The first-order valence-electron chi connectivity index (χ1n) is 27.7. The average Bonchev–Trinajstić information content (AvgIpc) is 3.46. The predicted octanol–water partition coefficient (Wildman–Crippen LogP) is 19.4. The van der Waals surface area contributed by atoms with Gasteiger partial charge in [0.15, 0.2) is 0 Å². The first-order valence-corrected chi connectivity index (χ1v) is 42.0. The van der Waals surface area contributed by atoms with E-state index in [0.717, 1.165) is 22.3 Å². The van der Waals surface area contributed by atoms with Crippen LogP contribution in [0.1, 0.15) is 66.8 Å². The molecular weight excluding hydrogens is 1030 g/mol. The van der Waals surface area contributed by atoms with Gasteiger partial charge in [0, 0.05) is 22.3 Å². The van der Waals surface area contributed by atoms with E-state index < -0.39 is 32.3 Å². The van der Waals surface area contributed by atoms with Crippen molar-refractivity contribution in [3.05, 3.63) is 308 Å². The summed E-state index contributed by atoms with van der Waals surface area (Å²) in [6, 6.07) is 76.7. The summed E-state index contributed by atoms with van der Waals surface area (Å²) in [7, 11) is -5.62. The highest BCUT2D eigenvalue weighted by Crippen LogP contribution is 2.30. The predicted molar refractivity (Wildman–Crippen MR) is 361 cm³/mol. The third-order valence-electron chi connectivity index (χ3n) is 12.4. The lowest BCUT2D eigenvalue weighted by Gasteiger charge is -2.16. The molecule has 4 heteroatoms. The topological polar surface area (TPSA) is 0 Å². The zero-order valence-corrected chi connectivity index (χ0v) is 53.1. The highest BCUT2D eigenvalue weighted by molar-refractivity contribution is 6.83. The number of hydrogen-bond acceptors (Lipinski definition) is 0. The molecule has 0 aliphatic carbocycles. The molecule has 8 aromatic rings. The van der Waals surface area contributed by atoms with Crippen molar-refractivity contribution in [2.24, 2.45) is 0 Å². The van der Waals surface area contributed by atoms with E-state index in [0.29, 0.717) is 0 Å². The van der Waals surface area contributed by atoms with Gasteiger partial charge in [0.1, 0.15) is 0 Å². The second-order valence-corrected chi connectivity index (χ2v) is 44.6. The molecule has 0 saturated heterocycles. The molecule has 0 aliphatic rings. The largest absolute Gasteiger partial charge is 0.0867 e. The van der Waals surface area contributed by atoms with E-state index in [1.807, 2.05) is 0 Å². The van der Waals surface area contributed by atoms with Crippen molar-refractivity contribution in [2.45, 2.75) is 78.6 Å². The van der Waals surface area contributed by atoms with Gasteiger partial charge < -0.3 is 0 Å². The second kappa shape index (κ2) is 27.6. The molecule has 0 heterocycles. The molecule has 80 heavy (non-hydrogen) atoms. The molecule has 0 saturated carbocycles. The van der Waals surface area contributed by atoms with E-state index in [9.17, 15) is 0 Å². The summed E-state index contributed by atoms with van der Waals surface area (Å²) < 4.78 is 0. The van der Waals surface area contributed by atoms with Crippen LogP contribution in [0.25, 0.3) is 22.3 Å². The lowest BCUT2D eigenvalue weighted by molar-refractivity contribution is 1.53. The average molecular weight is 1100 g/mol. The van der Waals surface area contributed by atoms with Crippen LogP contribution in [-0.2, 0) is 0 Å². The Morgan fingerprint density at radius 2 is 0.362 bits per heavy atom. The van der Waals surface area contributed by atoms with Crippen LogP contribution in [-0.4, -0.2) is 32.3 Å². The Kier molecular flexibility index (Phi) is 20.5. The minimum atomic E-state index is -1.41. The van der Waals surface area contributed by atoms with Gasteiger partial charge in [-0.1, -0.05) is 295 Å². The van der Waals surface area contributed by atoms with Crippen molar-refractivity contribution in [3.8, 4) is 47.4 Å². The van der Waals surface area contributed by atoms with Crippen LogP contribution < -0.4 is 0 Å². The number of rotatable bonds is 12. The Balaban J connectivity index is 0.000000231. The summed E-state index contributed by atoms with van der Waals surface area (Å²) in [6.07, 6.45) is 0. The van der Waals surface area contributed by atoms with Crippen molar-refractivity contribution < 1.29 is 0 Å². The van der Waals surface area contributed by atoms with Crippen LogP contribution in [0.5, 0.6) is 0 Å². The van der Waals surface area contributed by atoms with Gasteiger partial charge in [0.05, 0.1) is 32.3 Å². The lowest BCUT2D eigenvalue weighted by Crippen LogP contribution is -2.17. The molecule has 0 amide bonds. The first-order chi connectivity index (χ1) is 38.1. The normalized spacial score (nSPS) is 12.2. The fourth-order valence-corrected chi connectivity index (χ4v) is 13.7. The van der Waals surface area contributed by atoms with Crippen molar-refractivity contribution in [1.29, 1.82) is 0 Å². The number of hydrogen-bond donors (Lipinski definition) is 0. The summed E-state index contributed by atoms with van der Waals surface area (Å²) in [6.45, 7) is 28.4. The Hall–Kier alpha value is -8.17. The van der Waals surface area contributed by atoms with Gasteiger partial charge in [-0.3, -0.25) is 0 Å². The SMILES string of the molecule is C[Si](C)(C)/C=C(/c1ccccc1)c1ccc(C#CC#Cc2ccc(/C(=C\[Si](C)(C)C)c3ccccc3)cc2)cc1.C[Si](C)(C)/C=C(/c1ccccc1)c1ccc(C#CC#Cc2ccc(/C(=C\[Si](C)(C)C)c3ccccc3)cc2)cc1. The van der Waals surface area contributed by atoms with Gasteiger partial charge in [-0.25, -0.2) is 0 Å². The molecule has 0 unspecified atom stereocenters. The molecule has 396 valence electrons. The summed E-state index contributed by atoms with van der Waals surface area (Å²) >= 11 is 0. The molecule has 8 aromatic carbocycles. The zero-order chi connectivity index (χ0) is 57.2. The quantitative estimate of drug-likeness (QED) is 0.0845. The molecule has 0 N–H and O–H groups in total. The standard InChI is InChI=1S/2C38H38Si2/c2*1-39(2,3)29-37(33-17-9-7-10-18-33)35-25-21-31(22-26-35)15-13-14-16-32-23-27-36(28-24-32)38(30-40(4,5)6)34-19-11-8-12-20-34/h2*7-12,17-30H,1-6H3/b2*37-29-,38-30-. The van der Waals surface area contributed by atoms with Gasteiger partial charge in [0.25, 0.3) is 0 Å². The fraction of sp³-hybridized carbons (Fsp3) is 0.158. The Bertz CT molecular complexity index is 3210. The maximum absolute atomic E-state index is 3.21. The van der Waals surface area contributed by atoms with Crippen molar-refractivity contribution >= 4 is 54.6 Å². The molecular formula is C76H76Si4. The van der Waals surface area contributed by atoms with Crippen LogP contribution in [0.3, 0.4) is 0 Å². The monoisotopic (exact) mass is 1100 g/mol. The van der Waals surface area contributed by atoms with Crippen LogP contribution >= 0.6 is 0 Å². The van der Waals surface area contributed by atoms with Crippen molar-refractivity contribution in [2.75, 3.05) is 0 Å². The number of benzene rings is 8. The summed E-state index contributed by atoms with van der Waals surface area (Å²) in [4.78, 5) is 0. The summed E-state index contributed by atoms with van der Waals surface area (Å²) in [5, 5.41) is 0. The molecule has 0 radical (unpaired) electrons. The van der Waals surface area contributed by atoms with Crippen LogP contribution in [0, 0.1) is 47.4 Å². The summed E-state index contributed by atoms with van der Waals surface area (Å²) in [5.74, 6) is 25.0. The van der Waals surface area contributed by atoms with Crippen LogP contribution in [0.2, 0.25) is 78.6 Å². The third-order valence-corrected chi connectivity index (χ3v) is 17.0. The van der Waals surface area contributed by atoms with Crippen LogP contribution in [0.4, 0.5) is 0 Å². The molecule has 8 rings (SSSR count). The molecule has 0 atom stereocenters. The zero-order valence-electron chi connectivity index (χ0n) is 49.1.